The number of aromatic nitrogens is 2. The van der Waals surface area contributed by atoms with Crippen LogP contribution in [0.1, 0.15) is 43.5 Å². The van der Waals surface area contributed by atoms with Crippen LogP contribution in [0.2, 0.25) is 0 Å². The number of hydrogen-bond acceptors (Lipinski definition) is 4. The molecular formula is C19H23N5S. The van der Waals surface area contributed by atoms with Crippen molar-refractivity contribution >= 4 is 23.0 Å². The largest absolute Gasteiger partial charge is 0.348 e. The summed E-state index contributed by atoms with van der Waals surface area (Å²) in [6.45, 7) is 0. The van der Waals surface area contributed by atoms with Gasteiger partial charge < -0.3 is 4.90 Å². The average Bonchev–Trinajstić information content (AvgIpc) is 2.70. The summed E-state index contributed by atoms with van der Waals surface area (Å²) in [6.07, 6.45) is 9.75. The SMILES string of the molecule is CN(C(=S)NN=C(c1ccccn1)c1ccccn1)C1CCCCC1. The number of nitrogens with one attached hydrogen (secondary N) is 1. The molecule has 130 valence electrons. The van der Waals surface area contributed by atoms with E-state index in [1.807, 2.05) is 43.4 Å². The molecule has 0 unspecified atom stereocenters. The average molecular weight is 353 g/mol. The highest BCUT2D eigenvalue weighted by Gasteiger charge is 2.20. The van der Waals surface area contributed by atoms with Crippen LogP contribution in [0.5, 0.6) is 0 Å². The van der Waals surface area contributed by atoms with E-state index >= 15 is 0 Å². The lowest BCUT2D eigenvalue weighted by molar-refractivity contribution is 0.276. The first-order valence-electron chi connectivity index (χ1n) is 8.69. The second-order valence-electron chi connectivity index (χ2n) is 6.21. The molecule has 2 heterocycles. The predicted molar refractivity (Wildman–Crippen MR) is 104 cm³/mol. The van der Waals surface area contributed by atoms with E-state index in [0.717, 1.165) is 11.4 Å². The molecule has 3 rings (SSSR count). The Kier molecular flexibility index (Phi) is 6.06. The van der Waals surface area contributed by atoms with Crippen LogP contribution in [0.4, 0.5) is 0 Å². The van der Waals surface area contributed by atoms with Crippen LogP contribution in [0.15, 0.2) is 53.9 Å². The summed E-state index contributed by atoms with van der Waals surface area (Å²) in [4.78, 5) is 10.9. The van der Waals surface area contributed by atoms with Gasteiger partial charge in [0.1, 0.15) is 5.71 Å². The highest BCUT2D eigenvalue weighted by atomic mass is 32.1. The first-order valence-corrected chi connectivity index (χ1v) is 9.10. The zero-order valence-electron chi connectivity index (χ0n) is 14.4. The number of hydrogen-bond donors (Lipinski definition) is 1. The Labute approximate surface area is 154 Å². The molecule has 0 aromatic carbocycles. The number of pyridine rings is 2. The molecular weight excluding hydrogens is 330 g/mol. The number of rotatable bonds is 4. The maximum Gasteiger partial charge on any atom is 0.189 e. The standard InChI is InChI=1S/C19H23N5S/c1-24(15-9-3-2-4-10-15)19(25)23-22-18(16-11-5-7-13-20-16)17-12-6-8-14-21-17/h5-8,11-15H,2-4,9-10H2,1H3,(H,23,25). The van der Waals surface area contributed by atoms with Gasteiger partial charge in [0, 0.05) is 25.5 Å². The lowest BCUT2D eigenvalue weighted by Gasteiger charge is -2.32. The Morgan fingerprint density at radius 2 is 1.64 bits per heavy atom. The van der Waals surface area contributed by atoms with Crippen LogP contribution < -0.4 is 5.43 Å². The molecule has 2 aromatic rings. The van der Waals surface area contributed by atoms with E-state index in [-0.39, 0.29) is 0 Å². The van der Waals surface area contributed by atoms with Crippen LogP contribution in [0.3, 0.4) is 0 Å². The van der Waals surface area contributed by atoms with Crippen molar-refractivity contribution in [2.24, 2.45) is 5.10 Å². The van der Waals surface area contributed by atoms with Gasteiger partial charge in [-0.3, -0.25) is 15.4 Å². The van der Waals surface area contributed by atoms with Crippen LogP contribution in [0.25, 0.3) is 0 Å². The molecule has 0 aliphatic heterocycles. The molecule has 1 saturated carbocycles. The van der Waals surface area contributed by atoms with E-state index in [9.17, 15) is 0 Å². The number of hydrazone groups is 1. The molecule has 0 saturated heterocycles. The van der Waals surface area contributed by atoms with Gasteiger partial charge in [0.15, 0.2) is 5.11 Å². The van der Waals surface area contributed by atoms with Crippen LogP contribution >= 0.6 is 12.2 Å². The van der Waals surface area contributed by atoms with Crippen molar-refractivity contribution in [2.45, 2.75) is 38.1 Å². The third-order valence-electron chi connectivity index (χ3n) is 4.52. The van der Waals surface area contributed by atoms with Crippen molar-refractivity contribution in [3.63, 3.8) is 0 Å². The van der Waals surface area contributed by atoms with Gasteiger partial charge in [-0.1, -0.05) is 31.4 Å². The van der Waals surface area contributed by atoms with Gasteiger partial charge in [0.05, 0.1) is 11.4 Å². The molecule has 1 fully saturated rings. The summed E-state index contributed by atoms with van der Waals surface area (Å²) >= 11 is 5.54. The summed E-state index contributed by atoms with van der Waals surface area (Å²) < 4.78 is 0. The third-order valence-corrected chi connectivity index (χ3v) is 4.90. The van der Waals surface area contributed by atoms with E-state index in [2.05, 4.69) is 25.4 Å². The summed E-state index contributed by atoms with van der Waals surface area (Å²) in [7, 11) is 2.04. The topological polar surface area (TPSA) is 53.4 Å². The molecule has 0 amide bonds. The molecule has 1 aliphatic rings. The lowest BCUT2D eigenvalue weighted by atomic mass is 9.95. The molecule has 6 heteroatoms. The smallest absolute Gasteiger partial charge is 0.189 e. The molecule has 5 nitrogen and oxygen atoms in total. The van der Waals surface area contributed by atoms with Gasteiger partial charge in [0.25, 0.3) is 0 Å². The normalized spacial score (nSPS) is 14.6. The van der Waals surface area contributed by atoms with Gasteiger partial charge in [-0.2, -0.15) is 5.10 Å². The van der Waals surface area contributed by atoms with E-state index < -0.39 is 0 Å². The van der Waals surface area contributed by atoms with Crippen LogP contribution in [-0.2, 0) is 0 Å². The zero-order valence-corrected chi connectivity index (χ0v) is 15.2. The van der Waals surface area contributed by atoms with E-state index in [1.54, 1.807) is 12.4 Å². The van der Waals surface area contributed by atoms with E-state index in [0.29, 0.717) is 16.9 Å². The quantitative estimate of drug-likeness (QED) is 0.519. The highest BCUT2D eigenvalue weighted by molar-refractivity contribution is 7.80. The van der Waals surface area contributed by atoms with E-state index in [1.165, 1.54) is 32.1 Å². The van der Waals surface area contributed by atoms with Crippen molar-refractivity contribution in [1.82, 2.24) is 20.3 Å². The Balaban J connectivity index is 1.78. The van der Waals surface area contributed by atoms with Crippen molar-refractivity contribution in [3.8, 4) is 0 Å². The second-order valence-corrected chi connectivity index (χ2v) is 6.60. The van der Waals surface area contributed by atoms with Gasteiger partial charge in [-0.15, -0.1) is 0 Å². The predicted octanol–water partition coefficient (Wildman–Crippen LogP) is 3.37. The number of thiocarbonyl (C=S) groups is 1. The first-order chi connectivity index (χ1) is 12.3. The van der Waals surface area contributed by atoms with Crippen LogP contribution in [0, 0.1) is 0 Å². The van der Waals surface area contributed by atoms with Gasteiger partial charge in [-0.25, -0.2) is 0 Å². The van der Waals surface area contributed by atoms with Crippen molar-refractivity contribution in [2.75, 3.05) is 7.05 Å². The zero-order chi connectivity index (χ0) is 17.5. The fourth-order valence-electron chi connectivity index (χ4n) is 3.07. The van der Waals surface area contributed by atoms with Crippen molar-refractivity contribution < 1.29 is 0 Å². The Morgan fingerprint density at radius 1 is 1.04 bits per heavy atom. The Hall–Kier alpha value is -2.34. The lowest BCUT2D eigenvalue weighted by Crippen LogP contribution is -2.43. The Morgan fingerprint density at radius 3 is 2.16 bits per heavy atom. The summed E-state index contributed by atoms with van der Waals surface area (Å²) in [6, 6.07) is 12.0. The molecule has 1 N–H and O–H groups in total. The minimum atomic E-state index is 0.497. The Bertz CT molecular complexity index is 670. The fraction of sp³-hybridized carbons (Fsp3) is 0.368. The van der Waals surface area contributed by atoms with E-state index in [4.69, 9.17) is 12.2 Å². The van der Waals surface area contributed by atoms with Crippen molar-refractivity contribution in [3.05, 3.63) is 60.2 Å². The van der Waals surface area contributed by atoms with Crippen molar-refractivity contribution in [1.29, 1.82) is 0 Å². The van der Waals surface area contributed by atoms with Crippen LogP contribution in [-0.4, -0.2) is 38.8 Å². The maximum absolute atomic E-state index is 5.54. The molecule has 1 aliphatic carbocycles. The fourth-order valence-corrected chi connectivity index (χ4v) is 3.26. The van der Waals surface area contributed by atoms with Gasteiger partial charge in [0.2, 0.25) is 0 Å². The van der Waals surface area contributed by atoms with Gasteiger partial charge >= 0.3 is 0 Å². The van der Waals surface area contributed by atoms with Gasteiger partial charge in [-0.05, 0) is 49.3 Å². The summed E-state index contributed by atoms with van der Waals surface area (Å²) in [5.74, 6) is 0. The number of nitrogens with zero attached hydrogens (tertiary/aromatic N) is 4. The monoisotopic (exact) mass is 353 g/mol. The molecule has 0 spiro atoms. The first kappa shape index (κ1) is 17.5. The molecule has 0 radical (unpaired) electrons. The second kappa shape index (κ2) is 8.67. The molecule has 2 aromatic heterocycles. The summed E-state index contributed by atoms with van der Waals surface area (Å²) in [5, 5.41) is 5.17. The highest BCUT2D eigenvalue weighted by Crippen LogP contribution is 2.21. The molecule has 0 bridgehead atoms. The third kappa shape index (κ3) is 4.60. The minimum absolute atomic E-state index is 0.497. The summed E-state index contributed by atoms with van der Waals surface area (Å²) in [5.41, 5.74) is 5.25. The molecule has 25 heavy (non-hydrogen) atoms. The minimum Gasteiger partial charge on any atom is -0.348 e. The molecule has 0 atom stereocenters. The maximum atomic E-state index is 5.54.